The first kappa shape index (κ1) is 19.9. The molecule has 0 aliphatic carbocycles. The molecule has 1 fully saturated rings. The number of nitrogens with one attached hydrogen (secondary N) is 1. The lowest BCUT2D eigenvalue weighted by atomic mass is 10.1. The minimum absolute atomic E-state index is 0.0619. The van der Waals surface area contributed by atoms with Crippen LogP contribution in [-0.2, 0) is 16.1 Å². The molecule has 148 valence electrons. The summed E-state index contributed by atoms with van der Waals surface area (Å²) in [5, 5.41) is 2.76. The molecule has 0 atom stereocenters. The molecule has 1 aliphatic rings. The van der Waals surface area contributed by atoms with Crippen LogP contribution in [0.4, 0.5) is 24.5 Å². The maximum Gasteiger partial charge on any atom is 0.411 e. The Balaban J connectivity index is 1.59. The minimum atomic E-state index is -4.37. The van der Waals surface area contributed by atoms with Crippen molar-refractivity contribution in [3.05, 3.63) is 59.7 Å². The molecule has 2 amide bonds. The maximum absolute atomic E-state index is 12.4. The van der Waals surface area contributed by atoms with E-state index in [2.05, 4.69) is 10.1 Å². The van der Waals surface area contributed by atoms with Crippen LogP contribution in [0.1, 0.15) is 28.8 Å². The van der Waals surface area contributed by atoms with Crippen LogP contribution in [0.25, 0.3) is 0 Å². The first-order valence-electron chi connectivity index (χ1n) is 8.77. The molecule has 3 rings (SSSR count). The maximum atomic E-state index is 12.4. The van der Waals surface area contributed by atoms with Gasteiger partial charge < -0.3 is 15.0 Å². The van der Waals surface area contributed by atoms with Gasteiger partial charge in [0, 0.05) is 29.9 Å². The van der Waals surface area contributed by atoms with Crippen LogP contribution in [0.15, 0.2) is 48.5 Å². The molecule has 8 heteroatoms. The molecule has 0 saturated carbocycles. The second kappa shape index (κ2) is 8.43. The van der Waals surface area contributed by atoms with Crippen molar-refractivity contribution in [2.75, 3.05) is 23.4 Å². The van der Waals surface area contributed by atoms with Crippen molar-refractivity contribution in [2.24, 2.45) is 0 Å². The van der Waals surface area contributed by atoms with Gasteiger partial charge >= 0.3 is 6.18 Å². The van der Waals surface area contributed by atoms with Gasteiger partial charge in [0.1, 0.15) is 6.61 Å². The third-order valence-electron chi connectivity index (χ3n) is 4.24. The molecule has 1 N–H and O–H groups in total. The lowest BCUT2D eigenvalue weighted by molar-refractivity contribution is -0.176. The molecule has 1 aliphatic heterocycles. The number of carbonyl (C=O) groups is 2. The second-order valence-corrected chi connectivity index (χ2v) is 6.46. The fourth-order valence-electron chi connectivity index (χ4n) is 2.91. The van der Waals surface area contributed by atoms with E-state index in [1.54, 1.807) is 35.2 Å². The molecular weight excluding hydrogens is 373 g/mol. The lowest BCUT2D eigenvalue weighted by Crippen LogP contribution is -2.23. The van der Waals surface area contributed by atoms with Gasteiger partial charge in [0.05, 0.1) is 6.61 Å². The zero-order chi connectivity index (χ0) is 20.1. The summed E-state index contributed by atoms with van der Waals surface area (Å²) in [5.41, 5.74) is 2.19. The van der Waals surface area contributed by atoms with Gasteiger partial charge in [0.25, 0.3) is 5.91 Å². The number of halogens is 3. The van der Waals surface area contributed by atoms with Gasteiger partial charge in [0.15, 0.2) is 0 Å². The van der Waals surface area contributed by atoms with Crippen LogP contribution in [-0.4, -0.2) is 31.1 Å². The summed E-state index contributed by atoms with van der Waals surface area (Å²) < 4.78 is 40.8. The van der Waals surface area contributed by atoms with Gasteiger partial charge in [-0.05, 0) is 42.3 Å². The molecule has 5 nitrogen and oxygen atoms in total. The molecule has 0 aromatic heterocycles. The Morgan fingerprint density at radius 2 is 1.89 bits per heavy atom. The van der Waals surface area contributed by atoms with Crippen molar-refractivity contribution in [1.29, 1.82) is 0 Å². The fraction of sp³-hybridized carbons (Fsp3) is 0.300. The summed E-state index contributed by atoms with van der Waals surface area (Å²) in [4.78, 5) is 25.9. The van der Waals surface area contributed by atoms with Crippen molar-refractivity contribution in [2.45, 2.75) is 25.6 Å². The summed E-state index contributed by atoms with van der Waals surface area (Å²) in [7, 11) is 0. The normalized spacial score (nSPS) is 14.4. The topological polar surface area (TPSA) is 58.6 Å². The number of hydrogen-bond acceptors (Lipinski definition) is 3. The predicted molar refractivity (Wildman–Crippen MR) is 98.1 cm³/mol. The monoisotopic (exact) mass is 392 g/mol. The number of ether oxygens (including phenoxy) is 1. The Bertz CT molecular complexity index is 851. The molecule has 0 bridgehead atoms. The van der Waals surface area contributed by atoms with E-state index in [1.807, 2.05) is 6.07 Å². The minimum Gasteiger partial charge on any atom is -0.367 e. The van der Waals surface area contributed by atoms with E-state index in [0.29, 0.717) is 29.8 Å². The van der Waals surface area contributed by atoms with Gasteiger partial charge in [-0.15, -0.1) is 0 Å². The SMILES string of the molecule is O=C(Nc1cccc(N2CCCC2=O)c1)c1ccc(COCC(F)(F)F)cc1. The van der Waals surface area contributed by atoms with Crippen LogP contribution >= 0.6 is 0 Å². The van der Waals surface area contributed by atoms with E-state index in [0.717, 1.165) is 12.1 Å². The van der Waals surface area contributed by atoms with E-state index in [-0.39, 0.29) is 18.4 Å². The number of amides is 2. The third kappa shape index (κ3) is 5.32. The van der Waals surface area contributed by atoms with Crippen LogP contribution < -0.4 is 10.2 Å². The molecule has 2 aromatic carbocycles. The number of anilines is 2. The fourth-order valence-corrected chi connectivity index (χ4v) is 2.91. The number of hydrogen-bond donors (Lipinski definition) is 1. The van der Waals surface area contributed by atoms with E-state index < -0.39 is 12.8 Å². The molecule has 28 heavy (non-hydrogen) atoms. The quantitative estimate of drug-likeness (QED) is 0.804. The van der Waals surface area contributed by atoms with Crippen LogP contribution in [0.5, 0.6) is 0 Å². The number of carbonyl (C=O) groups excluding carboxylic acids is 2. The van der Waals surface area contributed by atoms with E-state index in [1.165, 1.54) is 12.1 Å². The van der Waals surface area contributed by atoms with Crippen molar-refractivity contribution >= 4 is 23.2 Å². The first-order valence-corrected chi connectivity index (χ1v) is 8.77. The number of rotatable bonds is 6. The first-order chi connectivity index (χ1) is 13.3. The smallest absolute Gasteiger partial charge is 0.367 e. The third-order valence-corrected chi connectivity index (χ3v) is 4.24. The number of alkyl halides is 3. The van der Waals surface area contributed by atoms with Crippen LogP contribution in [0.2, 0.25) is 0 Å². The van der Waals surface area contributed by atoms with Gasteiger partial charge in [0.2, 0.25) is 5.91 Å². The molecule has 0 spiro atoms. The number of nitrogens with zero attached hydrogens (tertiary/aromatic N) is 1. The summed E-state index contributed by atoms with van der Waals surface area (Å²) in [6, 6.07) is 13.2. The van der Waals surface area contributed by atoms with E-state index in [9.17, 15) is 22.8 Å². The van der Waals surface area contributed by atoms with Gasteiger partial charge in [-0.2, -0.15) is 13.2 Å². The molecule has 1 heterocycles. The molecule has 1 saturated heterocycles. The Morgan fingerprint density at radius 1 is 1.14 bits per heavy atom. The Labute approximate surface area is 160 Å². The van der Waals surface area contributed by atoms with E-state index in [4.69, 9.17) is 0 Å². The molecular formula is C20H19F3N2O3. The summed E-state index contributed by atoms with van der Waals surface area (Å²) in [6.45, 7) is -0.841. The van der Waals surface area contributed by atoms with E-state index >= 15 is 0 Å². The van der Waals surface area contributed by atoms with Crippen molar-refractivity contribution in [3.8, 4) is 0 Å². The highest BCUT2D eigenvalue weighted by atomic mass is 19.4. The van der Waals surface area contributed by atoms with Gasteiger partial charge in [-0.25, -0.2) is 0 Å². The highest BCUT2D eigenvalue weighted by molar-refractivity contribution is 6.05. The predicted octanol–water partition coefficient (Wildman–Crippen LogP) is 4.14. The standard InChI is InChI=1S/C20H19F3N2O3/c21-20(22,23)13-28-12-14-6-8-15(9-7-14)19(27)24-16-3-1-4-17(11-16)25-10-2-5-18(25)26/h1,3-4,6-9,11H,2,5,10,12-13H2,(H,24,27). The van der Waals surface area contributed by atoms with Crippen molar-refractivity contribution < 1.29 is 27.5 Å². The zero-order valence-electron chi connectivity index (χ0n) is 15.0. The van der Waals surface area contributed by atoms with Crippen molar-refractivity contribution in [1.82, 2.24) is 0 Å². The Hall–Kier alpha value is -2.87. The van der Waals surface area contributed by atoms with Gasteiger partial charge in [-0.3, -0.25) is 9.59 Å². The Kier molecular flexibility index (Phi) is 5.99. The summed E-state index contributed by atoms with van der Waals surface area (Å²) >= 11 is 0. The van der Waals surface area contributed by atoms with Gasteiger partial charge in [-0.1, -0.05) is 18.2 Å². The average Bonchev–Trinajstić information content (AvgIpc) is 3.07. The lowest BCUT2D eigenvalue weighted by Gasteiger charge is -2.16. The molecule has 2 aromatic rings. The molecule has 0 unspecified atom stereocenters. The zero-order valence-corrected chi connectivity index (χ0v) is 15.0. The second-order valence-electron chi connectivity index (χ2n) is 6.46. The highest BCUT2D eigenvalue weighted by Crippen LogP contribution is 2.24. The Morgan fingerprint density at radius 3 is 2.54 bits per heavy atom. The summed E-state index contributed by atoms with van der Waals surface area (Å²) in [6.07, 6.45) is -3.03. The average molecular weight is 392 g/mol. The van der Waals surface area contributed by atoms with Crippen LogP contribution in [0, 0.1) is 0 Å². The number of benzene rings is 2. The summed E-state index contributed by atoms with van der Waals surface area (Å²) in [5.74, 6) is -0.292. The highest BCUT2D eigenvalue weighted by Gasteiger charge is 2.27. The van der Waals surface area contributed by atoms with Crippen LogP contribution in [0.3, 0.4) is 0 Å². The largest absolute Gasteiger partial charge is 0.411 e. The van der Waals surface area contributed by atoms with Crippen molar-refractivity contribution in [3.63, 3.8) is 0 Å². The molecule has 0 radical (unpaired) electrons.